The number of halogens is 2. The number of carbonyl (C=O) groups excluding carboxylic acids is 4. The minimum absolute atomic E-state index is 0.0266. The summed E-state index contributed by atoms with van der Waals surface area (Å²) < 4.78 is 10.8. The zero-order valence-corrected chi connectivity index (χ0v) is 30.8. The van der Waals surface area contributed by atoms with Gasteiger partial charge in [-0.3, -0.25) is 34.3 Å². The van der Waals surface area contributed by atoms with Crippen LogP contribution in [0.3, 0.4) is 0 Å². The van der Waals surface area contributed by atoms with E-state index in [9.17, 15) is 29.4 Å². The molecule has 6 atom stereocenters. The molecule has 54 heavy (non-hydrogen) atoms. The molecule has 7 rings (SSSR count). The molecule has 3 aromatic rings. The van der Waals surface area contributed by atoms with Crippen LogP contribution in [0.5, 0.6) is 17.2 Å². The summed E-state index contributed by atoms with van der Waals surface area (Å²) >= 11 is 12.7. The van der Waals surface area contributed by atoms with Gasteiger partial charge in [-0.1, -0.05) is 65.2 Å². The van der Waals surface area contributed by atoms with Crippen LogP contribution >= 0.6 is 23.2 Å². The van der Waals surface area contributed by atoms with Gasteiger partial charge in [-0.05, 0) is 78.8 Å². The predicted octanol–water partition coefficient (Wildman–Crippen LogP) is 6.11. The quantitative estimate of drug-likeness (QED) is 0.153. The van der Waals surface area contributed by atoms with Gasteiger partial charge >= 0.3 is 5.97 Å². The van der Waals surface area contributed by atoms with E-state index >= 15 is 4.79 Å². The standard InChI is InChI=1S/C40H37Cl2N3O9/c1-53-24-10-7-22(8-11-24)40-28(14-5-21-6-16-32(46)33(18-21)54-2)25-12-13-26-35(38(51)44(36(26)49)17-3-4-34(47)48)27(25)20-29(40)37(50)45(39(40)52)43-31-15-9-23(41)19-30(31)42/h5-12,14-16,18-19,26-29,35,43,46H,3-4,13,17,20H2,1-2H3,(H,47,48)/t26-,27+,28-,29-,35-,40-/m0/s1. The molecule has 0 radical (unpaired) electrons. The van der Waals surface area contributed by atoms with E-state index in [1.54, 1.807) is 54.6 Å². The van der Waals surface area contributed by atoms with Crippen LogP contribution in [-0.4, -0.2) is 70.5 Å². The Morgan fingerprint density at radius 1 is 0.963 bits per heavy atom. The first-order valence-electron chi connectivity index (χ1n) is 17.5. The lowest BCUT2D eigenvalue weighted by Gasteiger charge is -2.49. The second-order valence-electron chi connectivity index (χ2n) is 13.9. The number of hydrazine groups is 1. The highest BCUT2D eigenvalue weighted by Crippen LogP contribution is 2.61. The molecule has 4 amide bonds. The number of ether oxygens (including phenoxy) is 2. The molecule has 2 saturated heterocycles. The van der Waals surface area contributed by atoms with Crippen LogP contribution in [-0.2, 0) is 29.4 Å². The van der Waals surface area contributed by atoms with E-state index in [0.29, 0.717) is 21.9 Å². The molecule has 3 fully saturated rings. The third-order valence-corrected chi connectivity index (χ3v) is 11.7. The zero-order chi connectivity index (χ0) is 38.5. The van der Waals surface area contributed by atoms with Crippen LogP contribution in [0.2, 0.25) is 10.0 Å². The number of carboxylic acids is 1. The smallest absolute Gasteiger partial charge is 0.303 e. The number of nitrogens with zero attached hydrogens (tertiary/aromatic N) is 2. The molecule has 14 heteroatoms. The van der Waals surface area contributed by atoms with E-state index in [1.165, 1.54) is 26.4 Å². The number of aliphatic carboxylic acids is 1. The predicted molar refractivity (Wildman–Crippen MR) is 199 cm³/mol. The van der Waals surface area contributed by atoms with Gasteiger partial charge in [-0.2, -0.15) is 5.01 Å². The lowest BCUT2D eigenvalue weighted by molar-refractivity contribution is -0.142. The highest BCUT2D eigenvalue weighted by atomic mass is 35.5. The van der Waals surface area contributed by atoms with Crippen LogP contribution in [0.1, 0.15) is 36.8 Å². The number of anilines is 1. The van der Waals surface area contributed by atoms with Crippen molar-refractivity contribution in [1.29, 1.82) is 0 Å². The number of aromatic hydroxyl groups is 1. The minimum Gasteiger partial charge on any atom is -0.504 e. The maximum absolute atomic E-state index is 15.3. The summed E-state index contributed by atoms with van der Waals surface area (Å²) in [6.07, 6.45) is 5.78. The Balaban J connectivity index is 1.39. The monoisotopic (exact) mass is 773 g/mol. The van der Waals surface area contributed by atoms with Gasteiger partial charge in [0.2, 0.25) is 11.8 Å². The lowest BCUT2D eigenvalue weighted by atomic mass is 9.50. The van der Waals surface area contributed by atoms with Gasteiger partial charge in [0.05, 0.1) is 48.1 Å². The van der Waals surface area contributed by atoms with Gasteiger partial charge in [-0.25, -0.2) is 0 Å². The van der Waals surface area contributed by atoms with E-state index in [0.717, 1.165) is 15.5 Å². The minimum atomic E-state index is -1.53. The van der Waals surface area contributed by atoms with Crippen molar-refractivity contribution in [2.75, 3.05) is 26.2 Å². The van der Waals surface area contributed by atoms with Gasteiger partial charge < -0.3 is 19.7 Å². The molecule has 0 aromatic heterocycles. The first-order chi connectivity index (χ1) is 25.9. The Hall–Kier alpha value is -5.33. The maximum atomic E-state index is 15.3. The first-order valence-corrected chi connectivity index (χ1v) is 18.2. The number of fused-ring (bicyclic) bond motifs is 4. The maximum Gasteiger partial charge on any atom is 0.303 e. The number of rotatable bonds is 11. The van der Waals surface area contributed by atoms with E-state index in [4.69, 9.17) is 32.7 Å². The molecule has 2 heterocycles. The van der Waals surface area contributed by atoms with Crippen molar-refractivity contribution in [3.63, 3.8) is 0 Å². The van der Waals surface area contributed by atoms with Gasteiger partial charge in [0.15, 0.2) is 11.5 Å². The fourth-order valence-electron chi connectivity index (χ4n) is 8.77. The zero-order valence-electron chi connectivity index (χ0n) is 29.3. The first kappa shape index (κ1) is 37.0. The number of carbonyl (C=O) groups is 5. The molecule has 4 aliphatic rings. The largest absolute Gasteiger partial charge is 0.504 e. The number of imide groups is 2. The van der Waals surface area contributed by atoms with E-state index in [-0.39, 0.29) is 60.3 Å². The average molecular weight is 775 g/mol. The number of methoxy groups -OCH3 is 2. The van der Waals surface area contributed by atoms with Crippen LogP contribution in [0.25, 0.3) is 6.08 Å². The number of amides is 4. The van der Waals surface area contributed by atoms with Crippen molar-refractivity contribution < 1.29 is 43.7 Å². The molecule has 2 aliphatic carbocycles. The molecular weight excluding hydrogens is 737 g/mol. The molecule has 0 bridgehead atoms. The van der Waals surface area contributed by atoms with Crippen molar-refractivity contribution in [3.8, 4) is 17.2 Å². The summed E-state index contributed by atoms with van der Waals surface area (Å²) in [5.41, 5.74) is 3.63. The van der Waals surface area contributed by atoms with Gasteiger partial charge in [0, 0.05) is 23.9 Å². The topological polar surface area (TPSA) is 163 Å². The number of phenolic OH excluding ortho intramolecular Hbond substituents is 1. The fraction of sp³-hybridized carbons (Fsp3) is 0.325. The lowest BCUT2D eigenvalue weighted by Crippen LogP contribution is -2.54. The van der Waals surface area contributed by atoms with E-state index < -0.39 is 58.7 Å². The second-order valence-corrected chi connectivity index (χ2v) is 14.7. The molecular formula is C40H37Cl2N3O9. The Labute approximate surface area is 320 Å². The highest BCUT2D eigenvalue weighted by molar-refractivity contribution is 6.36. The van der Waals surface area contributed by atoms with Crippen LogP contribution in [0, 0.1) is 29.6 Å². The molecule has 3 N–H and O–H groups in total. The number of likely N-dealkylation sites (tertiary alicyclic amines) is 1. The number of phenols is 1. The Morgan fingerprint density at radius 3 is 2.41 bits per heavy atom. The highest BCUT2D eigenvalue weighted by Gasteiger charge is 2.69. The third-order valence-electron chi connectivity index (χ3n) is 11.2. The number of benzene rings is 3. The third kappa shape index (κ3) is 6.07. The molecule has 1 saturated carbocycles. The molecule has 2 aliphatic heterocycles. The van der Waals surface area contributed by atoms with Crippen LogP contribution in [0.15, 0.2) is 78.4 Å². The Bertz CT molecular complexity index is 2120. The van der Waals surface area contributed by atoms with Gasteiger partial charge in [-0.15, -0.1) is 0 Å². The van der Waals surface area contributed by atoms with Crippen LogP contribution in [0.4, 0.5) is 5.69 Å². The summed E-state index contributed by atoms with van der Waals surface area (Å²) in [7, 11) is 2.96. The normalized spacial score (nSPS) is 26.1. The van der Waals surface area contributed by atoms with Crippen molar-refractivity contribution in [3.05, 3.63) is 99.6 Å². The van der Waals surface area contributed by atoms with E-state index in [1.807, 2.05) is 12.2 Å². The average Bonchev–Trinajstić information content (AvgIpc) is 3.53. The Morgan fingerprint density at radius 2 is 1.72 bits per heavy atom. The number of hydrogen-bond donors (Lipinski definition) is 3. The van der Waals surface area contributed by atoms with Crippen molar-refractivity contribution in [2.24, 2.45) is 29.6 Å². The number of nitrogens with one attached hydrogen (secondary N) is 1. The summed E-state index contributed by atoms with van der Waals surface area (Å²) in [4.78, 5) is 70.3. The Kier molecular flexibility index (Phi) is 9.92. The number of carboxylic acid groups (broad SMARTS) is 1. The molecule has 12 nitrogen and oxygen atoms in total. The molecule has 0 spiro atoms. The van der Waals surface area contributed by atoms with E-state index in [2.05, 4.69) is 5.43 Å². The summed E-state index contributed by atoms with van der Waals surface area (Å²) in [5.74, 6) is -6.07. The summed E-state index contributed by atoms with van der Waals surface area (Å²) in [6.45, 7) is -0.0266. The second kappa shape index (κ2) is 14.5. The van der Waals surface area contributed by atoms with Crippen molar-refractivity contribution in [2.45, 2.75) is 31.1 Å². The summed E-state index contributed by atoms with van der Waals surface area (Å²) in [5, 5.41) is 21.0. The number of hydrogen-bond acceptors (Lipinski definition) is 9. The van der Waals surface area contributed by atoms with Crippen molar-refractivity contribution in [1.82, 2.24) is 9.91 Å². The fourth-order valence-corrected chi connectivity index (χ4v) is 9.22. The molecule has 3 aromatic carbocycles. The van der Waals surface area contributed by atoms with Gasteiger partial charge in [0.1, 0.15) is 5.75 Å². The molecule has 0 unspecified atom stereocenters. The number of allylic oxidation sites excluding steroid dienone is 3. The van der Waals surface area contributed by atoms with Crippen molar-refractivity contribution >= 4 is 64.6 Å². The summed E-state index contributed by atoms with van der Waals surface area (Å²) in [6, 6.07) is 16.4. The molecule has 280 valence electrons. The van der Waals surface area contributed by atoms with Crippen LogP contribution < -0.4 is 14.9 Å². The van der Waals surface area contributed by atoms with Gasteiger partial charge in [0.25, 0.3) is 11.8 Å². The SMILES string of the molecule is COc1ccc([C@@]23C(=O)N(Nc4ccc(Cl)cc4Cl)C(=O)[C@@H]2C[C@@H]2C(=CC[C@@H]4C(=O)N(CCCC(=O)O)C(=O)[C@@H]42)[C@@H]3C=Cc2ccc(O)c(OC)c2)cc1.